The summed E-state index contributed by atoms with van der Waals surface area (Å²) in [4.78, 5) is 34.1. The van der Waals surface area contributed by atoms with Gasteiger partial charge >= 0.3 is 6.18 Å². The number of thioether (sulfide) groups is 1. The van der Waals surface area contributed by atoms with E-state index in [-0.39, 0.29) is 11.7 Å². The first-order valence-corrected chi connectivity index (χ1v) is 14.0. The Bertz CT molecular complexity index is 1590. The molecule has 216 valence electrons. The molecule has 0 spiro atoms. The van der Waals surface area contributed by atoms with Gasteiger partial charge in [-0.1, -0.05) is 41.9 Å². The van der Waals surface area contributed by atoms with Crippen molar-refractivity contribution in [2.45, 2.75) is 35.8 Å². The van der Waals surface area contributed by atoms with Gasteiger partial charge in [0.1, 0.15) is 18.8 Å². The third-order valence-electron chi connectivity index (χ3n) is 7.09. The molecule has 0 saturated carbocycles. The summed E-state index contributed by atoms with van der Waals surface area (Å²) < 4.78 is 49.7. The molecule has 0 N–H and O–H groups in total. The number of benzene rings is 2. The molecule has 3 heterocycles. The van der Waals surface area contributed by atoms with Gasteiger partial charge in [-0.3, -0.25) is 19.3 Å². The Morgan fingerprint density at radius 1 is 1.15 bits per heavy atom. The Hall–Kier alpha value is -3.64. The quantitative estimate of drug-likeness (QED) is 0.305. The number of aromatic nitrogens is 1. The van der Waals surface area contributed by atoms with E-state index in [4.69, 9.17) is 16.3 Å². The van der Waals surface area contributed by atoms with Gasteiger partial charge in [0.15, 0.2) is 5.69 Å². The predicted molar refractivity (Wildman–Crippen MR) is 152 cm³/mol. The molecule has 13 heteroatoms. The molecule has 0 unspecified atom stereocenters. The largest absolute Gasteiger partial charge is 0.419 e. The Morgan fingerprint density at radius 3 is 2.56 bits per heavy atom. The zero-order chi connectivity index (χ0) is 29.6. The highest BCUT2D eigenvalue weighted by molar-refractivity contribution is 7.98. The van der Waals surface area contributed by atoms with Gasteiger partial charge in [-0.25, -0.2) is 4.99 Å². The van der Waals surface area contributed by atoms with Crippen molar-refractivity contribution in [2.75, 3.05) is 32.8 Å². The minimum atomic E-state index is -4.73. The number of halogens is 4. The topological polar surface area (TPSA) is 70.4 Å². The van der Waals surface area contributed by atoms with E-state index in [9.17, 15) is 22.8 Å². The van der Waals surface area contributed by atoms with Crippen LogP contribution in [0.3, 0.4) is 0 Å². The van der Waals surface area contributed by atoms with Gasteiger partial charge in [-0.15, -0.1) is 11.8 Å². The van der Waals surface area contributed by atoms with Crippen LogP contribution in [0, 0.1) is 0 Å². The summed E-state index contributed by atoms with van der Waals surface area (Å²) in [5, 5.41) is 2.06. The molecule has 1 amide bonds. The second-order valence-electron chi connectivity index (χ2n) is 9.82. The van der Waals surface area contributed by atoms with Crippen molar-refractivity contribution in [1.29, 1.82) is 0 Å². The van der Waals surface area contributed by atoms with Crippen molar-refractivity contribution in [3.05, 3.63) is 92.4 Å². The fraction of sp³-hybridized carbons (Fsp3) is 0.321. The molecule has 5 rings (SSSR count). The van der Waals surface area contributed by atoms with Gasteiger partial charge in [-0.2, -0.15) is 13.2 Å². The van der Waals surface area contributed by atoms with Gasteiger partial charge < -0.3 is 14.5 Å². The second-order valence-corrected chi connectivity index (χ2v) is 11.2. The van der Waals surface area contributed by atoms with Gasteiger partial charge in [0.2, 0.25) is 11.2 Å². The zero-order valence-corrected chi connectivity index (χ0v) is 24.2. The number of rotatable bonds is 3. The Labute approximate surface area is 243 Å². The summed E-state index contributed by atoms with van der Waals surface area (Å²) in [6, 6.07) is 11.4. The summed E-state index contributed by atoms with van der Waals surface area (Å²) in [7, 11) is 4.69. The maximum Gasteiger partial charge on any atom is 0.408 e. The van der Waals surface area contributed by atoms with E-state index in [0.717, 1.165) is 22.9 Å². The lowest BCUT2D eigenvalue weighted by Gasteiger charge is -2.46. The first-order chi connectivity index (χ1) is 19.4. The van der Waals surface area contributed by atoms with Crippen molar-refractivity contribution in [1.82, 2.24) is 14.5 Å². The smallest absolute Gasteiger partial charge is 0.408 e. The fourth-order valence-corrected chi connectivity index (χ4v) is 6.40. The number of amidine groups is 1. The molecular weight excluding hydrogens is 579 g/mol. The molecule has 2 atom stereocenters. The molecule has 3 aromatic rings. The van der Waals surface area contributed by atoms with E-state index in [1.54, 1.807) is 36.9 Å². The van der Waals surface area contributed by atoms with Crippen molar-refractivity contribution in [3.8, 4) is 5.75 Å². The zero-order valence-electron chi connectivity index (χ0n) is 22.6. The summed E-state index contributed by atoms with van der Waals surface area (Å²) in [5.41, 5.74) is 1.39. The highest BCUT2D eigenvalue weighted by atomic mass is 35.5. The van der Waals surface area contributed by atoms with Crippen molar-refractivity contribution < 1.29 is 22.7 Å². The van der Waals surface area contributed by atoms with Crippen molar-refractivity contribution in [3.63, 3.8) is 0 Å². The van der Waals surface area contributed by atoms with Gasteiger partial charge in [0.25, 0.3) is 11.9 Å². The fourth-order valence-electron chi connectivity index (χ4n) is 5.02. The number of nitrogens with zero attached hydrogens (tertiary/aromatic N) is 5. The molecular formula is C28H27ClF3N5O3S. The first kappa shape index (κ1) is 28.9. The molecule has 2 aliphatic heterocycles. The van der Waals surface area contributed by atoms with Gasteiger partial charge in [0, 0.05) is 54.6 Å². The van der Waals surface area contributed by atoms with E-state index in [2.05, 4.69) is 4.99 Å². The Kier molecular flexibility index (Phi) is 7.73. The van der Waals surface area contributed by atoms with Crippen LogP contribution in [0.5, 0.6) is 5.75 Å². The standard InChI is InChI=1S/C28H27ClF3N5O3S/c1-16(28(30,31)32)35-15-37(36-13-12-20(38)25(24(36)26(35)39)40-27(33-2)34(3)4)23-18-9-5-6-11-21(18)41-14-17-8-7-10-19(29)22(17)23/h5-13,16,23H,14-15H2,1-4H3/b33-27+/t16-,23-/m1/s1. The molecule has 1 aromatic heterocycles. The SMILES string of the molecule is C/N=C(/Oc1c2n(ccc1=O)N([C@@H]1c3ccccc3SCc3cccc(Cl)c31)CN([C@H](C)C(F)(F)F)C2=O)N(C)C. The number of ether oxygens (including phenoxy) is 1. The number of hydrogen-bond acceptors (Lipinski definition) is 6. The maximum atomic E-state index is 14.1. The third kappa shape index (κ3) is 5.14. The molecule has 2 aromatic carbocycles. The number of aliphatic imine (C=N–C) groups is 1. The average molecular weight is 606 g/mol. The number of carbonyl (C=O) groups excluding carboxylic acids is 1. The molecule has 0 fully saturated rings. The Morgan fingerprint density at radius 2 is 1.88 bits per heavy atom. The van der Waals surface area contributed by atoms with Crippen molar-refractivity contribution >= 4 is 35.3 Å². The molecule has 0 saturated heterocycles. The van der Waals surface area contributed by atoms with E-state index in [0.29, 0.717) is 21.2 Å². The van der Waals surface area contributed by atoms with E-state index >= 15 is 0 Å². The molecule has 2 aliphatic rings. The van der Waals surface area contributed by atoms with E-state index < -0.39 is 42.0 Å². The number of alkyl halides is 3. The van der Waals surface area contributed by atoms with Crippen LogP contribution in [-0.2, 0) is 5.75 Å². The van der Waals surface area contributed by atoms with E-state index in [1.165, 1.54) is 28.9 Å². The number of amides is 1. The van der Waals surface area contributed by atoms with Crippen LogP contribution in [0.15, 0.2) is 69.4 Å². The number of carbonyl (C=O) groups is 1. The summed E-state index contributed by atoms with van der Waals surface area (Å²) in [6.45, 7) is 0.482. The van der Waals surface area contributed by atoms with Crippen molar-refractivity contribution in [2.24, 2.45) is 4.99 Å². The van der Waals surface area contributed by atoms with Gasteiger partial charge in [-0.05, 0) is 30.2 Å². The summed E-state index contributed by atoms with van der Waals surface area (Å²) in [5.74, 6) is -0.834. The molecule has 8 nitrogen and oxygen atoms in total. The number of pyridine rings is 1. The van der Waals surface area contributed by atoms with Crippen LogP contribution in [-0.4, -0.2) is 66.4 Å². The van der Waals surface area contributed by atoms with Crippen LogP contribution in [0.1, 0.15) is 40.1 Å². The molecule has 0 aliphatic carbocycles. The maximum absolute atomic E-state index is 14.1. The lowest BCUT2D eigenvalue weighted by molar-refractivity contribution is -0.173. The average Bonchev–Trinajstić information content (AvgIpc) is 3.09. The minimum absolute atomic E-state index is 0.000968. The minimum Gasteiger partial charge on any atom is -0.419 e. The molecule has 0 radical (unpaired) electrons. The number of fused-ring (bicyclic) bond motifs is 3. The monoisotopic (exact) mass is 605 g/mol. The summed E-state index contributed by atoms with van der Waals surface area (Å²) in [6.07, 6.45) is -3.35. The lowest BCUT2D eigenvalue weighted by atomic mass is 9.94. The predicted octanol–water partition coefficient (Wildman–Crippen LogP) is 5.13. The highest BCUT2D eigenvalue weighted by Crippen LogP contribution is 2.45. The number of hydrogen-bond donors (Lipinski definition) is 0. The van der Waals surface area contributed by atoms with Crippen LogP contribution in [0.25, 0.3) is 0 Å². The van der Waals surface area contributed by atoms with Gasteiger partial charge in [0.05, 0.1) is 0 Å². The highest BCUT2D eigenvalue weighted by Gasteiger charge is 2.48. The Balaban J connectivity index is 1.81. The normalized spacial score (nSPS) is 17.8. The van der Waals surface area contributed by atoms with E-state index in [1.807, 2.05) is 36.4 Å². The molecule has 0 bridgehead atoms. The third-order valence-corrected chi connectivity index (χ3v) is 8.56. The van der Waals surface area contributed by atoms with Crippen LogP contribution in [0.4, 0.5) is 13.2 Å². The molecule has 41 heavy (non-hydrogen) atoms. The summed E-state index contributed by atoms with van der Waals surface area (Å²) >= 11 is 8.39. The van der Waals surface area contributed by atoms with Crippen LogP contribution < -0.4 is 15.2 Å². The van der Waals surface area contributed by atoms with Crippen LogP contribution in [0.2, 0.25) is 5.02 Å². The first-order valence-electron chi connectivity index (χ1n) is 12.6. The second kappa shape index (κ2) is 11.0. The lowest BCUT2D eigenvalue weighted by Crippen LogP contribution is -2.60. The van der Waals surface area contributed by atoms with Crippen LogP contribution >= 0.6 is 23.4 Å².